The Kier molecular flexibility index (Phi) is 4.63. The van der Waals surface area contributed by atoms with E-state index in [1.807, 2.05) is 18.2 Å². The number of benzene rings is 1. The van der Waals surface area contributed by atoms with Gasteiger partial charge in [0.25, 0.3) is 11.8 Å². The van der Waals surface area contributed by atoms with Crippen LogP contribution in [0.5, 0.6) is 0 Å². The van der Waals surface area contributed by atoms with Gasteiger partial charge < -0.3 is 18.6 Å². The van der Waals surface area contributed by atoms with Gasteiger partial charge in [-0.2, -0.15) is 5.10 Å². The molecule has 1 N–H and O–H groups in total. The Bertz CT molecular complexity index is 1440. The van der Waals surface area contributed by atoms with Crippen LogP contribution in [0.4, 0.5) is 4.79 Å². The molecule has 6 rings (SSSR count). The number of hydrogen-bond donors (Lipinski definition) is 1. The summed E-state index contributed by atoms with van der Waals surface area (Å²) in [7, 11) is 0. The van der Waals surface area contributed by atoms with Crippen LogP contribution in [-0.4, -0.2) is 40.0 Å². The smallest absolute Gasteiger partial charge is 0.325 e. The number of furan rings is 3. The molecule has 2 unspecified atom stereocenters. The van der Waals surface area contributed by atoms with Crippen molar-refractivity contribution >= 4 is 34.5 Å². The summed E-state index contributed by atoms with van der Waals surface area (Å²) in [5, 5.41) is 9.17. The van der Waals surface area contributed by atoms with E-state index in [1.165, 1.54) is 17.5 Å². The standard InChI is InChI=1S/C25H20N4O6/c1-25(21-12-15-6-2-3-7-18(15)35-21)23(31)28(24(32)26-25)14-22(30)29-17(20-9-5-11-34-20)13-16(27-29)19-8-4-10-33-19/h2-12,17H,13-14H2,1H3,(H,26,32). The number of hydrogen-bond acceptors (Lipinski definition) is 7. The lowest BCUT2D eigenvalue weighted by atomic mass is 9.99. The van der Waals surface area contributed by atoms with E-state index in [4.69, 9.17) is 13.3 Å². The second kappa shape index (κ2) is 7.73. The van der Waals surface area contributed by atoms with Crippen molar-refractivity contribution in [2.24, 2.45) is 5.10 Å². The normalized spacial score (nSPS) is 22.2. The van der Waals surface area contributed by atoms with Crippen molar-refractivity contribution in [2.45, 2.75) is 24.9 Å². The summed E-state index contributed by atoms with van der Waals surface area (Å²) < 4.78 is 16.8. The number of imide groups is 1. The Morgan fingerprint density at radius 2 is 1.91 bits per heavy atom. The largest absolute Gasteiger partial charge is 0.467 e. The zero-order valence-corrected chi connectivity index (χ0v) is 18.6. The van der Waals surface area contributed by atoms with Crippen molar-refractivity contribution in [3.05, 3.63) is 84.4 Å². The molecule has 4 amide bonds. The lowest BCUT2D eigenvalue weighted by molar-refractivity contribution is -0.140. The molecule has 10 heteroatoms. The average Bonchev–Trinajstić information content (AvgIpc) is 3.67. The average molecular weight is 472 g/mol. The first kappa shape index (κ1) is 21.0. The van der Waals surface area contributed by atoms with Gasteiger partial charge in [-0.25, -0.2) is 9.80 Å². The van der Waals surface area contributed by atoms with Crippen LogP contribution >= 0.6 is 0 Å². The monoisotopic (exact) mass is 472 g/mol. The maximum Gasteiger partial charge on any atom is 0.325 e. The number of fused-ring (bicyclic) bond motifs is 1. The molecule has 5 heterocycles. The van der Waals surface area contributed by atoms with E-state index in [9.17, 15) is 14.4 Å². The van der Waals surface area contributed by atoms with Crippen molar-refractivity contribution in [2.75, 3.05) is 6.54 Å². The van der Waals surface area contributed by atoms with Crippen molar-refractivity contribution in [3.8, 4) is 0 Å². The predicted molar refractivity (Wildman–Crippen MR) is 122 cm³/mol. The molecule has 35 heavy (non-hydrogen) atoms. The van der Waals surface area contributed by atoms with Crippen molar-refractivity contribution < 1.29 is 27.6 Å². The summed E-state index contributed by atoms with van der Waals surface area (Å²) in [5.74, 6) is 0.237. The van der Waals surface area contributed by atoms with E-state index in [1.54, 1.807) is 43.3 Å². The minimum atomic E-state index is -1.44. The number of urea groups is 1. The van der Waals surface area contributed by atoms with Crippen LogP contribution in [0.15, 0.2) is 85.5 Å². The highest BCUT2D eigenvalue weighted by atomic mass is 16.3. The molecule has 2 aliphatic rings. The minimum absolute atomic E-state index is 0.291. The molecule has 0 spiro atoms. The lowest BCUT2D eigenvalue weighted by Gasteiger charge is -2.22. The maximum atomic E-state index is 13.4. The molecule has 1 fully saturated rings. The maximum absolute atomic E-state index is 13.4. The van der Waals surface area contributed by atoms with E-state index < -0.39 is 36.0 Å². The van der Waals surface area contributed by atoms with Gasteiger partial charge in [0.1, 0.15) is 41.2 Å². The third kappa shape index (κ3) is 3.33. The van der Waals surface area contributed by atoms with Crippen LogP contribution in [0.2, 0.25) is 0 Å². The van der Waals surface area contributed by atoms with Gasteiger partial charge in [-0.3, -0.25) is 14.5 Å². The third-order valence-corrected chi connectivity index (χ3v) is 6.33. The van der Waals surface area contributed by atoms with Gasteiger partial charge in [0.05, 0.1) is 12.5 Å². The van der Waals surface area contributed by atoms with Crippen LogP contribution in [0.3, 0.4) is 0 Å². The molecule has 0 radical (unpaired) electrons. The van der Waals surface area contributed by atoms with Gasteiger partial charge in [-0.15, -0.1) is 0 Å². The molecule has 0 aliphatic carbocycles. The number of nitrogens with zero attached hydrogens (tertiary/aromatic N) is 3. The molecule has 0 saturated carbocycles. The fourth-order valence-electron chi connectivity index (χ4n) is 4.48. The quantitative estimate of drug-likeness (QED) is 0.442. The molecule has 10 nitrogen and oxygen atoms in total. The Balaban J connectivity index is 1.27. The molecule has 176 valence electrons. The summed E-state index contributed by atoms with van der Waals surface area (Å²) in [6.07, 6.45) is 3.40. The van der Waals surface area contributed by atoms with Crippen LogP contribution < -0.4 is 5.32 Å². The molecule has 0 bridgehead atoms. The first-order valence-electron chi connectivity index (χ1n) is 11.0. The lowest BCUT2D eigenvalue weighted by Crippen LogP contribution is -2.43. The van der Waals surface area contributed by atoms with E-state index in [0.29, 0.717) is 35.0 Å². The summed E-state index contributed by atoms with van der Waals surface area (Å²) in [6.45, 7) is 1.07. The summed E-state index contributed by atoms with van der Waals surface area (Å²) >= 11 is 0. The van der Waals surface area contributed by atoms with Gasteiger partial charge in [0.2, 0.25) is 0 Å². The van der Waals surface area contributed by atoms with Crippen LogP contribution in [0, 0.1) is 0 Å². The van der Waals surface area contributed by atoms with Crippen LogP contribution in [0.1, 0.15) is 36.7 Å². The topological polar surface area (TPSA) is 122 Å². The number of para-hydroxylation sites is 1. The number of nitrogens with one attached hydrogen (secondary N) is 1. The number of rotatable bonds is 5. The molecule has 2 atom stereocenters. The minimum Gasteiger partial charge on any atom is -0.467 e. The highest BCUT2D eigenvalue weighted by molar-refractivity contribution is 6.09. The number of amides is 4. The molecular weight excluding hydrogens is 452 g/mol. The van der Waals surface area contributed by atoms with E-state index in [0.717, 1.165) is 10.3 Å². The molecule has 2 aliphatic heterocycles. The zero-order valence-electron chi connectivity index (χ0n) is 18.6. The second-order valence-electron chi connectivity index (χ2n) is 8.59. The van der Waals surface area contributed by atoms with Crippen molar-refractivity contribution in [1.29, 1.82) is 0 Å². The SMILES string of the molecule is CC1(c2cc3ccccc3o2)NC(=O)N(CC(=O)N2N=C(c3ccco3)CC2c2ccco2)C1=O. The fourth-order valence-corrected chi connectivity index (χ4v) is 4.48. The number of carbonyl (C=O) groups excluding carboxylic acids is 3. The molecule has 1 aromatic carbocycles. The highest BCUT2D eigenvalue weighted by Crippen LogP contribution is 2.35. The Morgan fingerprint density at radius 3 is 2.66 bits per heavy atom. The van der Waals surface area contributed by atoms with Crippen molar-refractivity contribution in [1.82, 2.24) is 15.2 Å². The van der Waals surface area contributed by atoms with E-state index in [-0.39, 0.29) is 0 Å². The van der Waals surface area contributed by atoms with Gasteiger partial charge in [0.15, 0.2) is 5.54 Å². The summed E-state index contributed by atoms with van der Waals surface area (Å²) in [6, 6.07) is 14.8. The van der Waals surface area contributed by atoms with Crippen LogP contribution in [0.25, 0.3) is 11.0 Å². The fraction of sp³-hybridized carbons (Fsp3) is 0.200. The van der Waals surface area contributed by atoms with E-state index in [2.05, 4.69) is 10.4 Å². The Hall–Kier alpha value is -4.60. The Labute approximate surface area is 198 Å². The van der Waals surface area contributed by atoms with Gasteiger partial charge >= 0.3 is 6.03 Å². The molecule has 3 aromatic heterocycles. The molecular formula is C25H20N4O6. The molecule has 4 aromatic rings. The number of carbonyl (C=O) groups is 3. The van der Waals surface area contributed by atoms with Crippen LogP contribution in [-0.2, 0) is 15.1 Å². The highest BCUT2D eigenvalue weighted by Gasteiger charge is 2.52. The Morgan fingerprint density at radius 1 is 1.11 bits per heavy atom. The van der Waals surface area contributed by atoms with Gasteiger partial charge in [-0.05, 0) is 43.3 Å². The third-order valence-electron chi connectivity index (χ3n) is 6.33. The summed E-state index contributed by atoms with van der Waals surface area (Å²) in [5.41, 5.74) is -0.280. The predicted octanol–water partition coefficient (Wildman–Crippen LogP) is 3.76. The van der Waals surface area contributed by atoms with E-state index >= 15 is 0 Å². The van der Waals surface area contributed by atoms with Crippen molar-refractivity contribution in [3.63, 3.8) is 0 Å². The molecule has 1 saturated heterocycles. The zero-order chi connectivity index (χ0) is 24.2. The first-order chi connectivity index (χ1) is 16.9. The van der Waals surface area contributed by atoms with Gasteiger partial charge in [-0.1, -0.05) is 18.2 Å². The van der Waals surface area contributed by atoms with Gasteiger partial charge in [0, 0.05) is 11.8 Å². The first-order valence-corrected chi connectivity index (χ1v) is 11.0. The number of hydrazone groups is 1. The second-order valence-corrected chi connectivity index (χ2v) is 8.59. The summed E-state index contributed by atoms with van der Waals surface area (Å²) in [4.78, 5) is 40.4.